The number of nitrogens with zero attached hydrogens (tertiary/aromatic N) is 1. The van der Waals surface area contributed by atoms with Crippen LogP contribution in [0.1, 0.15) is 5.56 Å². The van der Waals surface area contributed by atoms with Crippen molar-refractivity contribution in [2.75, 3.05) is 31.6 Å². The number of rotatable bonds is 10. The molecule has 0 bridgehead atoms. The smallest absolute Gasteiger partial charge is 0.271 e. The van der Waals surface area contributed by atoms with E-state index in [-0.39, 0.29) is 31.3 Å². The van der Waals surface area contributed by atoms with Crippen LogP contribution in [0.25, 0.3) is 0 Å². The van der Waals surface area contributed by atoms with Crippen LogP contribution in [0.15, 0.2) is 42.5 Å². The van der Waals surface area contributed by atoms with E-state index in [0.29, 0.717) is 30.3 Å². The number of anilines is 1. The van der Waals surface area contributed by atoms with Crippen molar-refractivity contribution in [1.29, 1.82) is 0 Å². The number of hydrogen-bond donors (Lipinski definition) is 3. The molecule has 0 spiro atoms. The standard InChI is InChI=1S/C17H20ClN3O4.ClH/c18-16-11-14(21(23)24)3-6-17(16)20-8-7-19-12-13-1-4-15(5-2-13)25-10-9-22;/h1-6,11,19-20,22H,7-10,12H2;1H. The van der Waals surface area contributed by atoms with Crippen molar-refractivity contribution < 1.29 is 14.8 Å². The van der Waals surface area contributed by atoms with Crippen LogP contribution in [-0.2, 0) is 6.54 Å². The lowest BCUT2D eigenvalue weighted by Gasteiger charge is -2.10. The van der Waals surface area contributed by atoms with Crippen molar-refractivity contribution in [3.05, 3.63) is 63.2 Å². The van der Waals surface area contributed by atoms with Crippen LogP contribution < -0.4 is 15.4 Å². The first kappa shape index (κ1) is 22.0. The molecule has 0 aromatic heterocycles. The monoisotopic (exact) mass is 401 g/mol. The molecule has 0 atom stereocenters. The van der Waals surface area contributed by atoms with Crippen LogP contribution in [-0.4, -0.2) is 36.3 Å². The van der Waals surface area contributed by atoms with Crippen LogP contribution in [0, 0.1) is 10.1 Å². The minimum atomic E-state index is -0.475. The predicted octanol–water partition coefficient (Wildman–Crippen LogP) is 3.24. The number of hydrogen-bond acceptors (Lipinski definition) is 6. The van der Waals surface area contributed by atoms with Crippen molar-refractivity contribution in [2.45, 2.75) is 6.54 Å². The number of non-ortho nitro benzene ring substituents is 1. The number of halogens is 2. The molecule has 142 valence electrons. The Kier molecular flexibility index (Phi) is 9.75. The summed E-state index contributed by atoms with van der Waals surface area (Å²) in [6.07, 6.45) is 0. The topological polar surface area (TPSA) is 96.7 Å². The lowest BCUT2D eigenvalue weighted by molar-refractivity contribution is -0.384. The van der Waals surface area contributed by atoms with Gasteiger partial charge >= 0.3 is 0 Å². The van der Waals surface area contributed by atoms with Gasteiger partial charge in [0.05, 0.1) is 22.2 Å². The molecule has 2 aromatic carbocycles. The Balaban J connectivity index is 0.00000338. The molecule has 0 heterocycles. The van der Waals surface area contributed by atoms with Gasteiger partial charge in [0.15, 0.2) is 0 Å². The zero-order chi connectivity index (χ0) is 18.1. The zero-order valence-corrected chi connectivity index (χ0v) is 15.6. The minimum Gasteiger partial charge on any atom is -0.491 e. The second-order valence-electron chi connectivity index (χ2n) is 5.24. The zero-order valence-electron chi connectivity index (χ0n) is 14.0. The number of nitro groups is 1. The Labute approximate surface area is 162 Å². The van der Waals surface area contributed by atoms with Crippen LogP contribution in [0.4, 0.5) is 11.4 Å². The van der Waals surface area contributed by atoms with E-state index in [2.05, 4.69) is 10.6 Å². The van der Waals surface area contributed by atoms with E-state index in [1.165, 1.54) is 12.1 Å². The highest BCUT2D eigenvalue weighted by molar-refractivity contribution is 6.33. The van der Waals surface area contributed by atoms with E-state index in [1.54, 1.807) is 6.07 Å². The van der Waals surface area contributed by atoms with Crippen molar-refractivity contribution in [3.8, 4) is 5.75 Å². The summed E-state index contributed by atoms with van der Waals surface area (Å²) in [7, 11) is 0. The van der Waals surface area contributed by atoms with E-state index in [1.807, 2.05) is 24.3 Å². The summed E-state index contributed by atoms with van der Waals surface area (Å²) in [4.78, 5) is 10.2. The van der Waals surface area contributed by atoms with Crippen LogP contribution >= 0.6 is 24.0 Å². The largest absolute Gasteiger partial charge is 0.491 e. The molecule has 0 saturated carbocycles. The van der Waals surface area contributed by atoms with Gasteiger partial charge in [-0.3, -0.25) is 10.1 Å². The second-order valence-corrected chi connectivity index (χ2v) is 5.65. The molecular formula is C17H21Cl2N3O4. The van der Waals surface area contributed by atoms with E-state index in [0.717, 1.165) is 11.3 Å². The number of ether oxygens (including phenoxy) is 1. The SMILES string of the molecule is Cl.O=[N+]([O-])c1ccc(NCCNCc2ccc(OCCO)cc2)c(Cl)c1. The molecule has 0 unspecified atom stereocenters. The summed E-state index contributed by atoms with van der Waals surface area (Å²) in [5.41, 5.74) is 1.75. The van der Waals surface area contributed by atoms with Crippen molar-refractivity contribution in [1.82, 2.24) is 5.32 Å². The van der Waals surface area contributed by atoms with Gasteiger partial charge in [-0.05, 0) is 23.8 Å². The minimum absolute atomic E-state index is 0. The molecule has 0 fully saturated rings. The summed E-state index contributed by atoms with van der Waals surface area (Å²) in [5.74, 6) is 0.729. The number of nitrogens with one attached hydrogen (secondary N) is 2. The quantitative estimate of drug-likeness (QED) is 0.321. The molecule has 0 aliphatic heterocycles. The van der Waals surface area contributed by atoms with Crippen molar-refractivity contribution in [3.63, 3.8) is 0 Å². The highest BCUT2D eigenvalue weighted by Crippen LogP contribution is 2.26. The fraction of sp³-hybridized carbons (Fsp3) is 0.294. The summed E-state index contributed by atoms with van der Waals surface area (Å²) in [6.45, 7) is 2.32. The van der Waals surface area contributed by atoms with E-state index in [4.69, 9.17) is 21.4 Å². The van der Waals surface area contributed by atoms with Gasteiger partial charge in [-0.2, -0.15) is 0 Å². The number of aliphatic hydroxyl groups excluding tert-OH is 1. The molecule has 0 radical (unpaired) electrons. The van der Waals surface area contributed by atoms with Gasteiger partial charge in [-0.1, -0.05) is 23.7 Å². The number of benzene rings is 2. The van der Waals surface area contributed by atoms with Crippen molar-refractivity contribution in [2.24, 2.45) is 0 Å². The predicted molar refractivity (Wildman–Crippen MR) is 105 cm³/mol. The summed E-state index contributed by atoms with van der Waals surface area (Å²) < 4.78 is 5.30. The van der Waals surface area contributed by atoms with Gasteiger partial charge < -0.3 is 20.5 Å². The maximum absolute atomic E-state index is 10.7. The molecule has 9 heteroatoms. The molecule has 0 aliphatic carbocycles. The molecule has 26 heavy (non-hydrogen) atoms. The molecule has 0 aliphatic rings. The normalized spacial score (nSPS) is 10.1. The fourth-order valence-corrected chi connectivity index (χ4v) is 2.39. The van der Waals surface area contributed by atoms with E-state index >= 15 is 0 Å². The highest BCUT2D eigenvalue weighted by atomic mass is 35.5. The fourth-order valence-electron chi connectivity index (χ4n) is 2.15. The Bertz CT molecular complexity index is 699. The molecular weight excluding hydrogens is 381 g/mol. The van der Waals surface area contributed by atoms with Gasteiger partial charge in [-0.25, -0.2) is 0 Å². The highest BCUT2D eigenvalue weighted by Gasteiger charge is 2.08. The maximum Gasteiger partial charge on any atom is 0.271 e. The third-order valence-electron chi connectivity index (χ3n) is 3.39. The van der Waals surface area contributed by atoms with Gasteiger partial charge in [0.2, 0.25) is 0 Å². The van der Waals surface area contributed by atoms with Crippen molar-refractivity contribution >= 4 is 35.4 Å². The first-order chi connectivity index (χ1) is 12.1. The first-order valence-corrected chi connectivity index (χ1v) is 8.19. The molecule has 2 aromatic rings. The van der Waals surface area contributed by atoms with Crippen LogP contribution in [0.5, 0.6) is 5.75 Å². The first-order valence-electron chi connectivity index (χ1n) is 7.81. The van der Waals surface area contributed by atoms with Gasteiger partial charge in [0, 0.05) is 31.8 Å². The summed E-state index contributed by atoms with van der Waals surface area (Å²) in [6, 6.07) is 12.0. The van der Waals surface area contributed by atoms with Gasteiger partial charge in [0.1, 0.15) is 12.4 Å². The Hall–Kier alpha value is -2.06. The Morgan fingerprint density at radius 3 is 2.50 bits per heavy atom. The third kappa shape index (κ3) is 7.05. The Morgan fingerprint density at radius 1 is 1.15 bits per heavy atom. The van der Waals surface area contributed by atoms with Gasteiger partial charge in [-0.15, -0.1) is 12.4 Å². The summed E-state index contributed by atoms with van der Waals surface area (Å²) >= 11 is 6.02. The lowest BCUT2D eigenvalue weighted by atomic mass is 10.2. The molecule has 7 nitrogen and oxygen atoms in total. The third-order valence-corrected chi connectivity index (χ3v) is 3.71. The van der Waals surface area contributed by atoms with Gasteiger partial charge in [0.25, 0.3) is 5.69 Å². The number of aliphatic hydroxyl groups is 1. The van der Waals surface area contributed by atoms with Crippen LogP contribution in [0.2, 0.25) is 5.02 Å². The van der Waals surface area contributed by atoms with Crippen LogP contribution in [0.3, 0.4) is 0 Å². The molecule has 0 amide bonds. The summed E-state index contributed by atoms with van der Waals surface area (Å²) in [5, 5.41) is 26.1. The molecule has 3 N–H and O–H groups in total. The number of nitro benzene ring substituents is 1. The Morgan fingerprint density at radius 2 is 1.88 bits per heavy atom. The average Bonchev–Trinajstić information content (AvgIpc) is 2.61. The maximum atomic E-state index is 10.7. The van der Waals surface area contributed by atoms with E-state index < -0.39 is 4.92 Å². The second kappa shape index (κ2) is 11.5. The van der Waals surface area contributed by atoms with E-state index in [9.17, 15) is 10.1 Å². The molecule has 0 saturated heterocycles. The average molecular weight is 402 g/mol. The lowest BCUT2D eigenvalue weighted by Crippen LogP contribution is -2.21. The molecule has 2 rings (SSSR count).